The highest BCUT2D eigenvalue weighted by Crippen LogP contribution is 2.34. The van der Waals surface area contributed by atoms with E-state index in [9.17, 15) is 10.2 Å². The highest BCUT2D eigenvalue weighted by atomic mass is 35.5. The van der Waals surface area contributed by atoms with E-state index in [0.717, 1.165) is 11.0 Å². The number of phenols is 2. The Morgan fingerprint density at radius 1 is 1.15 bits per heavy atom. The Kier molecular flexibility index (Phi) is 3.03. The standard InChI is InChI=1S/C15H13ClN2O2/c1-2-18-13-7-9(16)3-6-12(13)17-15(18)11-5-4-10(19)8-14(11)20/h3-8,19-20H,2H2,1H3. The first-order valence-corrected chi connectivity index (χ1v) is 6.66. The smallest absolute Gasteiger partial charge is 0.144 e. The Balaban J connectivity index is 2.30. The van der Waals surface area contributed by atoms with Gasteiger partial charge in [0.2, 0.25) is 0 Å². The van der Waals surface area contributed by atoms with Crippen LogP contribution in [0.5, 0.6) is 11.5 Å². The molecule has 0 saturated carbocycles. The molecule has 0 fully saturated rings. The average Bonchev–Trinajstić information content (AvgIpc) is 2.76. The number of hydrogen-bond acceptors (Lipinski definition) is 3. The Hall–Kier alpha value is -2.20. The van der Waals surface area contributed by atoms with Crippen LogP contribution in [0.1, 0.15) is 6.92 Å². The van der Waals surface area contributed by atoms with Gasteiger partial charge in [-0.15, -0.1) is 0 Å². The number of imidazole rings is 1. The van der Waals surface area contributed by atoms with Gasteiger partial charge in [0.05, 0.1) is 16.6 Å². The van der Waals surface area contributed by atoms with Crippen molar-refractivity contribution in [2.75, 3.05) is 0 Å². The topological polar surface area (TPSA) is 58.3 Å². The molecule has 0 bridgehead atoms. The molecule has 0 spiro atoms. The van der Waals surface area contributed by atoms with Gasteiger partial charge in [-0.05, 0) is 37.3 Å². The molecule has 102 valence electrons. The summed E-state index contributed by atoms with van der Waals surface area (Å²) < 4.78 is 1.98. The van der Waals surface area contributed by atoms with E-state index in [4.69, 9.17) is 11.6 Å². The second-order valence-corrected chi connectivity index (χ2v) is 4.95. The average molecular weight is 289 g/mol. The number of rotatable bonds is 2. The summed E-state index contributed by atoms with van der Waals surface area (Å²) >= 11 is 6.03. The number of aromatic hydroxyl groups is 2. The largest absolute Gasteiger partial charge is 0.508 e. The molecule has 2 N–H and O–H groups in total. The molecular weight excluding hydrogens is 276 g/mol. The van der Waals surface area contributed by atoms with Crippen LogP contribution in [-0.4, -0.2) is 19.8 Å². The second kappa shape index (κ2) is 4.72. The van der Waals surface area contributed by atoms with E-state index in [2.05, 4.69) is 4.98 Å². The number of aryl methyl sites for hydroxylation is 1. The van der Waals surface area contributed by atoms with Gasteiger partial charge in [-0.1, -0.05) is 11.6 Å². The number of nitrogens with zero attached hydrogens (tertiary/aromatic N) is 2. The quantitative estimate of drug-likeness (QED) is 0.754. The molecule has 4 nitrogen and oxygen atoms in total. The third kappa shape index (κ3) is 1.98. The van der Waals surface area contributed by atoms with Gasteiger partial charge >= 0.3 is 0 Å². The maximum atomic E-state index is 10.0. The lowest BCUT2D eigenvalue weighted by molar-refractivity contribution is 0.451. The van der Waals surface area contributed by atoms with Gasteiger partial charge in [-0.3, -0.25) is 0 Å². The van der Waals surface area contributed by atoms with Gasteiger partial charge < -0.3 is 14.8 Å². The third-order valence-electron chi connectivity index (χ3n) is 3.25. The van der Waals surface area contributed by atoms with Gasteiger partial charge in [0, 0.05) is 17.6 Å². The van der Waals surface area contributed by atoms with Crippen molar-refractivity contribution >= 4 is 22.6 Å². The first-order valence-electron chi connectivity index (χ1n) is 6.28. The Bertz CT molecular complexity index is 796. The lowest BCUT2D eigenvalue weighted by atomic mass is 10.2. The fourth-order valence-electron chi connectivity index (χ4n) is 2.33. The minimum Gasteiger partial charge on any atom is -0.508 e. The van der Waals surface area contributed by atoms with Crippen molar-refractivity contribution in [3.05, 3.63) is 41.4 Å². The van der Waals surface area contributed by atoms with E-state index in [1.54, 1.807) is 12.1 Å². The molecule has 0 aliphatic heterocycles. The zero-order valence-corrected chi connectivity index (χ0v) is 11.6. The molecule has 1 aromatic heterocycles. The molecule has 5 heteroatoms. The number of phenolic OH excluding ortho intramolecular Hbond substituents is 2. The van der Waals surface area contributed by atoms with Crippen molar-refractivity contribution in [3.8, 4) is 22.9 Å². The van der Waals surface area contributed by atoms with E-state index in [1.807, 2.05) is 23.6 Å². The van der Waals surface area contributed by atoms with Gasteiger partial charge in [0.15, 0.2) is 0 Å². The van der Waals surface area contributed by atoms with Crippen molar-refractivity contribution < 1.29 is 10.2 Å². The predicted molar refractivity (Wildman–Crippen MR) is 79.2 cm³/mol. The van der Waals surface area contributed by atoms with Gasteiger partial charge in [-0.25, -0.2) is 4.98 Å². The summed E-state index contributed by atoms with van der Waals surface area (Å²) in [6.07, 6.45) is 0. The Morgan fingerprint density at radius 2 is 1.95 bits per heavy atom. The zero-order chi connectivity index (χ0) is 14.3. The van der Waals surface area contributed by atoms with Crippen LogP contribution in [0.2, 0.25) is 5.02 Å². The molecule has 0 aliphatic carbocycles. The third-order valence-corrected chi connectivity index (χ3v) is 3.48. The first kappa shape index (κ1) is 12.8. The SMILES string of the molecule is CCn1c(-c2ccc(O)cc2O)nc2ccc(Cl)cc21. The monoisotopic (exact) mass is 288 g/mol. The van der Waals surface area contributed by atoms with Crippen LogP contribution in [0.15, 0.2) is 36.4 Å². The summed E-state index contributed by atoms with van der Waals surface area (Å²) in [5.41, 5.74) is 2.32. The van der Waals surface area contributed by atoms with Crippen LogP contribution in [0.3, 0.4) is 0 Å². The van der Waals surface area contributed by atoms with E-state index in [-0.39, 0.29) is 11.5 Å². The zero-order valence-electron chi connectivity index (χ0n) is 10.8. The number of aromatic nitrogens is 2. The van der Waals surface area contributed by atoms with Gasteiger partial charge in [-0.2, -0.15) is 0 Å². The van der Waals surface area contributed by atoms with Crippen LogP contribution in [0, 0.1) is 0 Å². The number of benzene rings is 2. The molecular formula is C15H13ClN2O2. The minimum absolute atomic E-state index is 0.00102. The summed E-state index contributed by atoms with van der Waals surface area (Å²) in [5, 5.41) is 20.0. The molecule has 20 heavy (non-hydrogen) atoms. The molecule has 0 amide bonds. The minimum atomic E-state index is 0.00102. The van der Waals surface area contributed by atoms with Crippen LogP contribution >= 0.6 is 11.6 Å². The molecule has 3 rings (SSSR count). The Labute approximate surface area is 120 Å². The Morgan fingerprint density at radius 3 is 2.65 bits per heavy atom. The van der Waals surface area contributed by atoms with E-state index >= 15 is 0 Å². The lowest BCUT2D eigenvalue weighted by Crippen LogP contribution is -1.97. The second-order valence-electron chi connectivity index (χ2n) is 4.51. The molecule has 0 radical (unpaired) electrons. The van der Waals surface area contributed by atoms with Crippen LogP contribution in [0.25, 0.3) is 22.4 Å². The molecule has 0 unspecified atom stereocenters. The first-order chi connectivity index (χ1) is 9.60. The fraction of sp³-hybridized carbons (Fsp3) is 0.133. The predicted octanol–water partition coefficient (Wildman–Crippen LogP) is 3.79. The summed E-state index contributed by atoms with van der Waals surface area (Å²) in [4.78, 5) is 4.55. The number of fused-ring (bicyclic) bond motifs is 1. The summed E-state index contributed by atoms with van der Waals surface area (Å²) in [5.74, 6) is 0.678. The normalized spacial score (nSPS) is 11.1. The molecule has 0 aliphatic rings. The van der Waals surface area contributed by atoms with Crippen LogP contribution < -0.4 is 0 Å². The number of hydrogen-bond donors (Lipinski definition) is 2. The fourth-order valence-corrected chi connectivity index (χ4v) is 2.50. The molecule has 2 aromatic carbocycles. The molecule has 1 heterocycles. The maximum absolute atomic E-state index is 10.0. The van der Waals surface area contributed by atoms with E-state index < -0.39 is 0 Å². The van der Waals surface area contributed by atoms with E-state index in [0.29, 0.717) is 23.0 Å². The van der Waals surface area contributed by atoms with Gasteiger partial charge in [0.1, 0.15) is 17.3 Å². The lowest BCUT2D eigenvalue weighted by Gasteiger charge is -2.08. The van der Waals surface area contributed by atoms with E-state index in [1.165, 1.54) is 12.1 Å². The maximum Gasteiger partial charge on any atom is 0.144 e. The highest BCUT2D eigenvalue weighted by Gasteiger charge is 2.15. The van der Waals surface area contributed by atoms with Crippen LogP contribution in [0.4, 0.5) is 0 Å². The van der Waals surface area contributed by atoms with Gasteiger partial charge in [0.25, 0.3) is 0 Å². The van der Waals surface area contributed by atoms with Crippen molar-refractivity contribution in [2.45, 2.75) is 13.5 Å². The number of halogens is 1. The van der Waals surface area contributed by atoms with Crippen LogP contribution in [-0.2, 0) is 6.54 Å². The molecule has 3 aromatic rings. The van der Waals surface area contributed by atoms with Crippen molar-refractivity contribution in [2.24, 2.45) is 0 Å². The molecule has 0 saturated heterocycles. The summed E-state index contributed by atoms with van der Waals surface area (Å²) in [6, 6.07) is 9.99. The van der Waals surface area contributed by atoms with Crippen molar-refractivity contribution in [3.63, 3.8) is 0 Å². The van der Waals surface area contributed by atoms with Crippen molar-refractivity contribution in [1.29, 1.82) is 0 Å². The summed E-state index contributed by atoms with van der Waals surface area (Å²) in [6.45, 7) is 2.70. The highest BCUT2D eigenvalue weighted by molar-refractivity contribution is 6.31. The summed E-state index contributed by atoms with van der Waals surface area (Å²) in [7, 11) is 0. The molecule has 0 atom stereocenters. The van der Waals surface area contributed by atoms with Crippen molar-refractivity contribution in [1.82, 2.24) is 9.55 Å².